The van der Waals surface area contributed by atoms with Crippen LogP contribution < -0.4 is 0 Å². The Kier molecular flexibility index (Phi) is 1.98. The van der Waals surface area contributed by atoms with Crippen molar-refractivity contribution in [1.82, 2.24) is 0 Å². The Hall–Kier alpha value is -1.12. The van der Waals surface area contributed by atoms with Gasteiger partial charge in [-0.1, -0.05) is 6.92 Å². The number of carbonyl (C=O) groups excluding carboxylic acids is 2. The Morgan fingerprint density at radius 1 is 1.43 bits per heavy atom. The number of rotatable bonds is 1. The number of ketones is 1. The summed E-state index contributed by atoms with van der Waals surface area (Å²) in [6, 6.07) is 0. The molecule has 2 rings (SSSR count). The minimum atomic E-state index is -0.460. The van der Waals surface area contributed by atoms with Crippen LogP contribution in [0.5, 0.6) is 0 Å². The van der Waals surface area contributed by atoms with E-state index in [2.05, 4.69) is 0 Å². The first-order chi connectivity index (χ1) is 6.62. The predicted molar refractivity (Wildman–Crippen MR) is 50.6 cm³/mol. The van der Waals surface area contributed by atoms with E-state index < -0.39 is 5.41 Å². The summed E-state index contributed by atoms with van der Waals surface area (Å²) in [5, 5.41) is 0. The summed E-state index contributed by atoms with van der Waals surface area (Å²) in [5.74, 6) is 0.0317. The van der Waals surface area contributed by atoms with Crippen molar-refractivity contribution in [3.05, 3.63) is 11.1 Å². The van der Waals surface area contributed by atoms with Crippen LogP contribution in [0.25, 0.3) is 0 Å². The quantitative estimate of drug-likeness (QED) is 0.596. The molecule has 0 radical (unpaired) electrons. The molecule has 1 aliphatic carbocycles. The SMILES string of the molecule is CC[C@@]12CCC(=O)C(C)=C1COC2=O. The van der Waals surface area contributed by atoms with Gasteiger partial charge in [0.15, 0.2) is 5.78 Å². The highest BCUT2D eigenvalue weighted by Gasteiger charge is 2.50. The highest BCUT2D eigenvalue weighted by molar-refractivity contribution is 6.00. The summed E-state index contributed by atoms with van der Waals surface area (Å²) in [6.45, 7) is 4.11. The zero-order valence-corrected chi connectivity index (χ0v) is 8.55. The van der Waals surface area contributed by atoms with Gasteiger partial charge in [-0.25, -0.2) is 0 Å². The van der Waals surface area contributed by atoms with E-state index in [1.165, 1.54) is 0 Å². The Labute approximate surface area is 83.1 Å². The van der Waals surface area contributed by atoms with Gasteiger partial charge in [-0.15, -0.1) is 0 Å². The Morgan fingerprint density at radius 3 is 2.79 bits per heavy atom. The molecule has 1 atom stereocenters. The molecule has 0 aromatic heterocycles. The minimum Gasteiger partial charge on any atom is -0.460 e. The predicted octanol–water partition coefficient (Wildman–Crippen LogP) is 1.62. The van der Waals surface area contributed by atoms with Crippen molar-refractivity contribution >= 4 is 11.8 Å². The standard InChI is InChI=1S/C11H14O3/c1-3-11-5-4-9(12)7(2)8(11)6-14-10(11)13/h3-6H2,1-2H3/t11-/m1/s1. The number of fused-ring (bicyclic) bond motifs is 1. The van der Waals surface area contributed by atoms with Gasteiger partial charge in [-0.2, -0.15) is 0 Å². The molecule has 1 heterocycles. The second kappa shape index (κ2) is 2.94. The van der Waals surface area contributed by atoms with Gasteiger partial charge in [-0.05, 0) is 30.9 Å². The topological polar surface area (TPSA) is 43.4 Å². The highest BCUT2D eigenvalue weighted by Crippen LogP contribution is 2.47. The van der Waals surface area contributed by atoms with Crippen LogP contribution in [0.3, 0.4) is 0 Å². The lowest BCUT2D eigenvalue weighted by atomic mass is 9.69. The van der Waals surface area contributed by atoms with Gasteiger partial charge < -0.3 is 4.74 Å². The smallest absolute Gasteiger partial charge is 0.316 e. The monoisotopic (exact) mass is 194 g/mol. The molecule has 2 aliphatic rings. The van der Waals surface area contributed by atoms with Gasteiger partial charge in [0, 0.05) is 6.42 Å². The molecule has 0 aromatic rings. The molecule has 1 saturated heterocycles. The average molecular weight is 194 g/mol. The minimum absolute atomic E-state index is 0.137. The number of ether oxygens (including phenoxy) is 1. The van der Waals surface area contributed by atoms with Crippen molar-refractivity contribution < 1.29 is 14.3 Å². The molecule has 0 aromatic carbocycles. The van der Waals surface area contributed by atoms with Crippen molar-refractivity contribution in [2.24, 2.45) is 5.41 Å². The van der Waals surface area contributed by atoms with Crippen LogP contribution in [-0.2, 0) is 14.3 Å². The number of Topliss-reactive ketones (excluding diaryl/α,β-unsaturated/α-hetero) is 1. The summed E-state index contributed by atoms with van der Waals surface area (Å²) >= 11 is 0. The van der Waals surface area contributed by atoms with E-state index >= 15 is 0 Å². The molecule has 0 saturated carbocycles. The van der Waals surface area contributed by atoms with Crippen LogP contribution in [0.4, 0.5) is 0 Å². The second-order valence-electron chi connectivity index (χ2n) is 4.04. The van der Waals surface area contributed by atoms with Crippen molar-refractivity contribution in [3.63, 3.8) is 0 Å². The molecule has 3 nitrogen and oxygen atoms in total. The van der Waals surface area contributed by atoms with E-state index in [0.717, 1.165) is 17.6 Å². The van der Waals surface area contributed by atoms with Crippen molar-refractivity contribution in [3.8, 4) is 0 Å². The zero-order valence-electron chi connectivity index (χ0n) is 8.55. The lowest BCUT2D eigenvalue weighted by molar-refractivity contribution is -0.146. The van der Waals surface area contributed by atoms with E-state index in [1.54, 1.807) is 0 Å². The van der Waals surface area contributed by atoms with Gasteiger partial charge in [0.1, 0.15) is 6.61 Å². The average Bonchev–Trinajstić information content (AvgIpc) is 2.52. The van der Waals surface area contributed by atoms with Crippen molar-refractivity contribution in [2.75, 3.05) is 6.61 Å². The number of esters is 1. The molecule has 0 N–H and O–H groups in total. The van der Waals surface area contributed by atoms with Gasteiger partial charge in [-0.3, -0.25) is 9.59 Å². The van der Waals surface area contributed by atoms with E-state index in [-0.39, 0.29) is 11.8 Å². The normalized spacial score (nSPS) is 31.9. The zero-order chi connectivity index (χ0) is 10.3. The summed E-state index contributed by atoms with van der Waals surface area (Å²) in [6.07, 6.45) is 1.86. The molecule has 1 fully saturated rings. The van der Waals surface area contributed by atoms with Gasteiger partial charge in [0.2, 0.25) is 0 Å². The molecule has 0 unspecified atom stereocenters. The third-order valence-electron chi connectivity index (χ3n) is 3.57. The molecule has 3 heteroatoms. The maximum atomic E-state index is 11.6. The van der Waals surface area contributed by atoms with Crippen LogP contribution in [0, 0.1) is 5.41 Å². The van der Waals surface area contributed by atoms with Crippen LogP contribution >= 0.6 is 0 Å². The maximum Gasteiger partial charge on any atom is 0.316 e. The van der Waals surface area contributed by atoms with E-state index in [1.807, 2.05) is 13.8 Å². The van der Waals surface area contributed by atoms with Crippen LogP contribution in [-0.4, -0.2) is 18.4 Å². The second-order valence-corrected chi connectivity index (χ2v) is 4.04. The first kappa shape index (κ1) is 9.44. The van der Waals surface area contributed by atoms with Gasteiger partial charge in [0.25, 0.3) is 0 Å². The summed E-state index contributed by atoms with van der Waals surface area (Å²) in [4.78, 5) is 23.1. The molecule has 0 amide bonds. The van der Waals surface area contributed by atoms with E-state index in [0.29, 0.717) is 19.4 Å². The number of carbonyl (C=O) groups is 2. The molecular formula is C11H14O3. The van der Waals surface area contributed by atoms with Gasteiger partial charge >= 0.3 is 5.97 Å². The van der Waals surface area contributed by atoms with Crippen molar-refractivity contribution in [1.29, 1.82) is 0 Å². The lowest BCUT2D eigenvalue weighted by Crippen LogP contribution is -2.33. The molecule has 1 aliphatic heterocycles. The van der Waals surface area contributed by atoms with Crippen LogP contribution in [0.15, 0.2) is 11.1 Å². The molecule has 76 valence electrons. The summed E-state index contributed by atoms with van der Waals surface area (Å²) in [5.41, 5.74) is 1.23. The molecule has 0 spiro atoms. The molecule has 0 bridgehead atoms. The van der Waals surface area contributed by atoms with Crippen LogP contribution in [0.1, 0.15) is 33.1 Å². The summed E-state index contributed by atoms with van der Waals surface area (Å²) in [7, 11) is 0. The maximum absolute atomic E-state index is 11.6. The molecule has 14 heavy (non-hydrogen) atoms. The number of hydrogen-bond donors (Lipinski definition) is 0. The fourth-order valence-corrected chi connectivity index (χ4v) is 2.47. The first-order valence-corrected chi connectivity index (χ1v) is 5.02. The fraction of sp³-hybridized carbons (Fsp3) is 0.636. The first-order valence-electron chi connectivity index (χ1n) is 5.02. The number of hydrogen-bond acceptors (Lipinski definition) is 3. The summed E-state index contributed by atoms with van der Waals surface area (Å²) < 4.78 is 5.06. The van der Waals surface area contributed by atoms with E-state index in [4.69, 9.17) is 4.74 Å². The van der Waals surface area contributed by atoms with E-state index in [9.17, 15) is 9.59 Å². The number of cyclic esters (lactones) is 1. The van der Waals surface area contributed by atoms with Crippen LogP contribution in [0.2, 0.25) is 0 Å². The lowest BCUT2D eigenvalue weighted by Gasteiger charge is -2.29. The Morgan fingerprint density at radius 2 is 2.14 bits per heavy atom. The third kappa shape index (κ3) is 0.982. The third-order valence-corrected chi connectivity index (χ3v) is 3.57. The van der Waals surface area contributed by atoms with Gasteiger partial charge in [0.05, 0.1) is 5.41 Å². The molecular weight excluding hydrogens is 180 g/mol. The Bertz CT molecular complexity index is 340. The fourth-order valence-electron chi connectivity index (χ4n) is 2.47. The highest BCUT2D eigenvalue weighted by atomic mass is 16.5. The largest absolute Gasteiger partial charge is 0.460 e. The number of allylic oxidation sites excluding steroid dienone is 1. The Balaban J connectivity index is 2.54. The van der Waals surface area contributed by atoms with Crippen molar-refractivity contribution in [2.45, 2.75) is 33.1 Å².